The van der Waals surface area contributed by atoms with Crippen molar-refractivity contribution < 1.29 is 4.74 Å². The summed E-state index contributed by atoms with van der Waals surface area (Å²) in [5.74, 6) is 1.00. The lowest BCUT2D eigenvalue weighted by Gasteiger charge is -2.26. The average molecular weight is 233 g/mol. The van der Waals surface area contributed by atoms with Crippen LogP contribution in [-0.2, 0) is 19.3 Å². The molecule has 2 heteroatoms. The number of hydrogen-bond acceptors (Lipinski definition) is 2. The predicted molar refractivity (Wildman–Crippen MR) is 71.6 cm³/mol. The van der Waals surface area contributed by atoms with Crippen LogP contribution in [-0.4, -0.2) is 12.6 Å². The van der Waals surface area contributed by atoms with Crippen LogP contribution in [0, 0.1) is 0 Å². The molecular weight excluding hydrogens is 210 g/mol. The molecule has 0 bridgehead atoms. The molecule has 0 radical (unpaired) electrons. The van der Waals surface area contributed by atoms with Gasteiger partial charge in [-0.3, -0.25) is 0 Å². The van der Waals surface area contributed by atoms with Gasteiger partial charge in [0.2, 0.25) is 0 Å². The molecule has 2 N–H and O–H groups in total. The van der Waals surface area contributed by atoms with Crippen molar-refractivity contribution in [1.82, 2.24) is 0 Å². The highest BCUT2D eigenvalue weighted by Crippen LogP contribution is 2.33. The number of benzene rings is 1. The van der Waals surface area contributed by atoms with Crippen molar-refractivity contribution in [2.75, 3.05) is 7.11 Å². The van der Waals surface area contributed by atoms with E-state index in [-0.39, 0.29) is 5.54 Å². The summed E-state index contributed by atoms with van der Waals surface area (Å²) in [6, 6.07) is 4.32. The van der Waals surface area contributed by atoms with E-state index in [1.54, 1.807) is 7.11 Å². The molecule has 0 unspecified atom stereocenters. The van der Waals surface area contributed by atoms with Gasteiger partial charge >= 0.3 is 0 Å². The summed E-state index contributed by atoms with van der Waals surface area (Å²) in [5.41, 5.74) is 10.3. The highest BCUT2D eigenvalue weighted by Gasteiger charge is 2.21. The van der Waals surface area contributed by atoms with Gasteiger partial charge in [0.15, 0.2) is 0 Å². The molecular formula is C15H23NO. The van der Waals surface area contributed by atoms with E-state index in [0.29, 0.717) is 0 Å². The molecule has 0 saturated heterocycles. The zero-order valence-corrected chi connectivity index (χ0v) is 11.2. The summed E-state index contributed by atoms with van der Waals surface area (Å²) in [6.07, 6.45) is 5.87. The van der Waals surface area contributed by atoms with Crippen molar-refractivity contribution in [2.24, 2.45) is 5.73 Å². The van der Waals surface area contributed by atoms with E-state index in [0.717, 1.165) is 12.2 Å². The van der Waals surface area contributed by atoms with Crippen LogP contribution >= 0.6 is 0 Å². The largest absolute Gasteiger partial charge is 0.496 e. The van der Waals surface area contributed by atoms with Gasteiger partial charge in [0.05, 0.1) is 7.11 Å². The van der Waals surface area contributed by atoms with Gasteiger partial charge in [0.1, 0.15) is 5.75 Å². The van der Waals surface area contributed by atoms with Crippen molar-refractivity contribution >= 4 is 0 Å². The smallest absolute Gasteiger partial charge is 0.122 e. The number of ether oxygens (including phenoxy) is 1. The Morgan fingerprint density at radius 1 is 1.24 bits per heavy atom. The number of aryl methyl sites for hydroxylation is 1. The van der Waals surface area contributed by atoms with Crippen LogP contribution < -0.4 is 10.5 Å². The molecule has 0 saturated carbocycles. The summed E-state index contributed by atoms with van der Waals surface area (Å²) >= 11 is 0. The molecule has 2 nitrogen and oxygen atoms in total. The van der Waals surface area contributed by atoms with Gasteiger partial charge in [-0.15, -0.1) is 0 Å². The van der Waals surface area contributed by atoms with Crippen molar-refractivity contribution in [3.05, 3.63) is 28.8 Å². The number of nitrogens with two attached hydrogens (primary N) is 1. The molecule has 1 aliphatic carbocycles. The Morgan fingerprint density at radius 3 is 2.59 bits per heavy atom. The highest BCUT2D eigenvalue weighted by molar-refractivity contribution is 5.47. The number of methoxy groups -OCH3 is 1. The Labute approximate surface area is 104 Å². The minimum absolute atomic E-state index is 0.181. The summed E-state index contributed by atoms with van der Waals surface area (Å²) < 4.78 is 5.50. The van der Waals surface area contributed by atoms with Crippen molar-refractivity contribution in [3.8, 4) is 5.75 Å². The maximum absolute atomic E-state index is 6.17. The fourth-order valence-corrected chi connectivity index (χ4v) is 2.72. The Kier molecular flexibility index (Phi) is 3.43. The van der Waals surface area contributed by atoms with Gasteiger partial charge in [-0.25, -0.2) is 0 Å². The molecule has 0 atom stereocenters. The second kappa shape index (κ2) is 4.69. The van der Waals surface area contributed by atoms with Crippen molar-refractivity contribution in [1.29, 1.82) is 0 Å². The van der Waals surface area contributed by atoms with Crippen LogP contribution in [0.15, 0.2) is 12.1 Å². The van der Waals surface area contributed by atoms with Gasteiger partial charge in [-0.2, -0.15) is 0 Å². The van der Waals surface area contributed by atoms with Crippen molar-refractivity contribution in [3.63, 3.8) is 0 Å². The maximum Gasteiger partial charge on any atom is 0.122 e. The SMILES string of the molecule is COc1ccc2c(c1CC(C)(C)N)CCCC2. The molecule has 1 aromatic carbocycles. The van der Waals surface area contributed by atoms with Crippen LogP contribution in [0.25, 0.3) is 0 Å². The predicted octanol–water partition coefficient (Wildman–Crippen LogP) is 2.85. The number of hydrogen-bond donors (Lipinski definition) is 1. The third-order valence-electron chi connectivity index (χ3n) is 3.46. The summed E-state index contributed by atoms with van der Waals surface area (Å²) in [5, 5.41) is 0. The van der Waals surface area contributed by atoms with E-state index < -0.39 is 0 Å². The first-order chi connectivity index (χ1) is 8.01. The first-order valence-corrected chi connectivity index (χ1v) is 6.48. The van der Waals surface area contributed by atoms with Crippen LogP contribution in [0.5, 0.6) is 5.75 Å². The quantitative estimate of drug-likeness (QED) is 0.871. The molecule has 1 aromatic rings. The molecule has 94 valence electrons. The third kappa shape index (κ3) is 2.81. The molecule has 1 aliphatic rings. The normalized spacial score (nSPS) is 15.5. The van der Waals surface area contributed by atoms with Gasteiger partial charge in [-0.1, -0.05) is 6.07 Å². The Bertz CT molecular complexity index is 404. The highest BCUT2D eigenvalue weighted by atomic mass is 16.5. The standard InChI is InChI=1S/C15H23NO/c1-15(2,16)10-13-12-7-5-4-6-11(12)8-9-14(13)17-3/h8-9H,4-7,10,16H2,1-3H3. The summed E-state index contributed by atoms with van der Waals surface area (Å²) in [6.45, 7) is 4.16. The van der Waals surface area contributed by atoms with Crippen molar-refractivity contribution in [2.45, 2.75) is 51.5 Å². The molecule has 0 amide bonds. The average Bonchev–Trinajstić information content (AvgIpc) is 2.28. The third-order valence-corrected chi connectivity index (χ3v) is 3.46. The number of rotatable bonds is 3. The molecule has 0 heterocycles. The monoisotopic (exact) mass is 233 g/mol. The molecule has 0 spiro atoms. The molecule has 2 rings (SSSR count). The topological polar surface area (TPSA) is 35.2 Å². The lowest BCUT2D eigenvalue weighted by Crippen LogP contribution is -2.35. The Hall–Kier alpha value is -1.02. The molecule has 0 fully saturated rings. The molecule has 17 heavy (non-hydrogen) atoms. The fourth-order valence-electron chi connectivity index (χ4n) is 2.72. The second-order valence-electron chi connectivity index (χ2n) is 5.76. The minimum atomic E-state index is -0.181. The van der Waals surface area contributed by atoms with E-state index in [4.69, 9.17) is 10.5 Å². The zero-order valence-electron chi connectivity index (χ0n) is 11.2. The number of fused-ring (bicyclic) bond motifs is 1. The van der Waals surface area contributed by atoms with Crippen LogP contribution in [0.1, 0.15) is 43.4 Å². The van der Waals surface area contributed by atoms with Gasteiger partial charge in [0.25, 0.3) is 0 Å². The summed E-state index contributed by atoms with van der Waals surface area (Å²) in [4.78, 5) is 0. The summed E-state index contributed by atoms with van der Waals surface area (Å²) in [7, 11) is 1.75. The van der Waals surface area contributed by atoms with E-state index in [2.05, 4.69) is 26.0 Å². The lowest BCUT2D eigenvalue weighted by molar-refractivity contribution is 0.400. The second-order valence-corrected chi connectivity index (χ2v) is 5.76. The van der Waals surface area contributed by atoms with Gasteiger partial charge < -0.3 is 10.5 Å². The van der Waals surface area contributed by atoms with Crippen LogP contribution in [0.3, 0.4) is 0 Å². The minimum Gasteiger partial charge on any atom is -0.496 e. The first kappa shape index (κ1) is 12.4. The first-order valence-electron chi connectivity index (χ1n) is 6.48. The zero-order chi connectivity index (χ0) is 12.5. The van der Waals surface area contributed by atoms with E-state index >= 15 is 0 Å². The molecule has 0 aromatic heterocycles. The van der Waals surface area contributed by atoms with E-state index in [9.17, 15) is 0 Å². The van der Waals surface area contributed by atoms with E-state index in [1.165, 1.54) is 42.4 Å². The Morgan fingerprint density at radius 2 is 1.94 bits per heavy atom. The van der Waals surface area contributed by atoms with E-state index in [1.807, 2.05) is 0 Å². The van der Waals surface area contributed by atoms with Crippen LogP contribution in [0.4, 0.5) is 0 Å². The fraction of sp³-hybridized carbons (Fsp3) is 0.600. The molecule has 0 aliphatic heterocycles. The van der Waals surface area contributed by atoms with Crippen LogP contribution in [0.2, 0.25) is 0 Å². The Balaban J connectivity index is 2.45. The lowest BCUT2D eigenvalue weighted by atomic mass is 9.83. The maximum atomic E-state index is 6.17. The van der Waals surface area contributed by atoms with Gasteiger partial charge in [0, 0.05) is 5.54 Å². The van der Waals surface area contributed by atoms with Gasteiger partial charge in [-0.05, 0) is 68.7 Å².